The maximum atomic E-state index is 12.1. The van der Waals surface area contributed by atoms with Crippen LogP contribution in [-0.2, 0) is 4.79 Å². The highest BCUT2D eigenvalue weighted by Crippen LogP contribution is 2.20. The van der Waals surface area contributed by atoms with Crippen LogP contribution in [0.5, 0.6) is 0 Å². The molecule has 0 atom stereocenters. The van der Waals surface area contributed by atoms with Gasteiger partial charge in [0.1, 0.15) is 0 Å². The average molecular weight is 326 g/mol. The number of amides is 1. The number of likely N-dealkylation sites (N-methyl/N-ethyl adjacent to an activating group) is 1. The van der Waals surface area contributed by atoms with Crippen LogP contribution in [0.4, 0.5) is 5.69 Å². The topological polar surface area (TPSA) is 44.4 Å². The van der Waals surface area contributed by atoms with E-state index in [9.17, 15) is 4.79 Å². The highest BCUT2D eigenvalue weighted by Gasteiger charge is 2.24. The lowest BCUT2D eigenvalue weighted by Gasteiger charge is -2.37. The fraction of sp³-hybridized carbons (Fsp3) is 0.500. The van der Waals surface area contributed by atoms with E-state index in [1.807, 2.05) is 25.1 Å². The number of rotatable bonds is 5. The maximum Gasteiger partial charge on any atom is 0.238 e. The van der Waals surface area contributed by atoms with E-state index in [0.29, 0.717) is 12.6 Å². The van der Waals surface area contributed by atoms with Gasteiger partial charge >= 0.3 is 0 Å². The van der Waals surface area contributed by atoms with Gasteiger partial charge < -0.3 is 10.6 Å². The Bertz CT molecular complexity index is 460. The van der Waals surface area contributed by atoms with Gasteiger partial charge in [-0.05, 0) is 37.2 Å². The predicted octanol–water partition coefficient (Wildman–Crippen LogP) is 1.99. The second kappa shape index (κ2) is 6.50. The van der Waals surface area contributed by atoms with Crippen molar-refractivity contribution in [2.45, 2.75) is 19.9 Å². The van der Waals surface area contributed by atoms with Crippen molar-refractivity contribution < 1.29 is 4.79 Å². The molecule has 0 aromatic heterocycles. The summed E-state index contributed by atoms with van der Waals surface area (Å²) in [5.41, 5.74) is 1.95. The number of hydrogen-bond acceptors (Lipinski definition) is 3. The molecule has 19 heavy (non-hydrogen) atoms. The average Bonchev–Trinajstić information content (AvgIpc) is 2.29. The summed E-state index contributed by atoms with van der Waals surface area (Å²) in [6.45, 7) is 7.42. The number of nitrogens with one attached hydrogen (secondary N) is 2. The Labute approximate surface area is 122 Å². The first kappa shape index (κ1) is 14.5. The molecule has 104 valence electrons. The molecule has 1 aromatic rings. The number of carbonyl (C=O) groups excluding carboxylic acids is 1. The number of anilines is 1. The zero-order valence-electron chi connectivity index (χ0n) is 11.4. The van der Waals surface area contributed by atoms with E-state index in [-0.39, 0.29) is 5.91 Å². The number of hydrogen-bond donors (Lipinski definition) is 2. The van der Waals surface area contributed by atoms with Crippen molar-refractivity contribution >= 4 is 27.5 Å². The largest absolute Gasteiger partial charge is 0.325 e. The Morgan fingerprint density at radius 2 is 2.26 bits per heavy atom. The SMILES string of the molecule is CCN(CC(=O)Nc1ccc(Br)cc1C)C1CNC1. The minimum atomic E-state index is 0.0548. The molecule has 1 aliphatic rings. The van der Waals surface area contributed by atoms with Crippen LogP contribution >= 0.6 is 15.9 Å². The Balaban J connectivity index is 1.92. The first-order chi connectivity index (χ1) is 9.10. The predicted molar refractivity (Wildman–Crippen MR) is 81.4 cm³/mol. The Morgan fingerprint density at radius 3 is 2.79 bits per heavy atom. The third kappa shape index (κ3) is 3.78. The lowest BCUT2D eigenvalue weighted by Crippen LogP contribution is -2.58. The van der Waals surface area contributed by atoms with Crippen LogP contribution in [0.2, 0.25) is 0 Å². The summed E-state index contributed by atoms with van der Waals surface area (Å²) in [6, 6.07) is 6.37. The molecule has 1 aliphatic heterocycles. The lowest BCUT2D eigenvalue weighted by atomic mass is 10.1. The zero-order chi connectivity index (χ0) is 13.8. The Kier molecular flexibility index (Phi) is 4.96. The number of benzene rings is 1. The van der Waals surface area contributed by atoms with Gasteiger partial charge in [-0.2, -0.15) is 0 Å². The molecule has 2 rings (SSSR count). The molecule has 5 heteroatoms. The van der Waals surface area contributed by atoms with E-state index >= 15 is 0 Å². The summed E-state index contributed by atoms with van der Waals surface area (Å²) in [5.74, 6) is 0.0548. The molecular weight excluding hydrogens is 306 g/mol. The summed E-state index contributed by atoms with van der Waals surface area (Å²) in [5, 5.41) is 6.22. The van der Waals surface area contributed by atoms with Crippen LogP contribution in [0.1, 0.15) is 12.5 Å². The van der Waals surface area contributed by atoms with E-state index in [0.717, 1.165) is 35.4 Å². The van der Waals surface area contributed by atoms with Gasteiger partial charge in [0.2, 0.25) is 5.91 Å². The van der Waals surface area contributed by atoms with Gasteiger partial charge in [-0.1, -0.05) is 22.9 Å². The van der Waals surface area contributed by atoms with Gasteiger partial charge in [-0.15, -0.1) is 0 Å². The zero-order valence-corrected chi connectivity index (χ0v) is 13.0. The van der Waals surface area contributed by atoms with Crippen molar-refractivity contribution in [2.24, 2.45) is 0 Å². The molecule has 1 fully saturated rings. The van der Waals surface area contributed by atoms with E-state index in [4.69, 9.17) is 0 Å². The van der Waals surface area contributed by atoms with E-state index in [1.54, 1.807) is 0 Å². The van der Waals surface area contributed by atoms with Crippen LogP contribution < -0.4 is 10.6 Å². The van der Waals surface area contributed by atoms with Crippen molar-refractivity contribution in [3.05, 3.63) is 28.2 Å². The van der Waals surface area contributed by atoms with Gasteiger partial charge in [-0.3, -0.25) is 9.69 Å². The molecule has 1 saturated heterocycles. The molecule has 0 spiro atoms. The molecule has 0 aliphatic carbocycles. The number of carbonyl (C=O) groups is 1. The lowest BCUT2D eigenvalue weighted by molar-refractivity contribution is -0.118. The highest BCUT2D eigenvalue weighted by atomic mass is 79.9. The molecule has 1 amide bonds. The normalized spacial score (nSPS) is 15.4. The molecule has 1 aromatic carbocycles. The van der Waals surface area contributed by atoms with Crippen molar-refractivity contribution in [1.29, 1.82) is 0 Å². The molecule has 0 saturated carbocycles. The van der Waals surface area contributed by atoms with Crippen molar-refractivity contribution in [2.75, 3.05) is 31.5 Å². The number of nitrogens with zero attached hydrogens (tertiary/aromatic N) is 1. The first-order valence-corrected chi connectivity index (χ1v) is 7.40. The maximum absolute atomic E-state index is 12.1. The second-order valence-corrected chi connectivity index (χ2v) is 5.80. The van der Waals surface area contributed by atoms with Crippen molar-refractivity contribution in [1.82, 2.24) is 10.2 Å². The Morgan fingerprint density at radius 1 is 1.53 bits per heavy atom. The standard InChI is InChI=1S/C14H20BrN3O/c1-3-18(12-7-16-8-12)9-14(19)17-13-5-4-11(15)6-10(13)2/h4-6,12,16H,3,7-9H2,1-2H3,(H,17,19). The molecule has 2 N–H and O–H groups in total. The van der Waals surface area contributed by atoms with Crippen LogP contribution in [0.25, 0.3) is 0 Å². The quantitative estimate of drug-likeness (QED) is 0.870. The summed E-state index contributed by atoms with van der Waals surface area (Å²) in [6.07, 6.45) is 0. The molecule has 4 nitrogen and oxygen atoms in total. The smallest absolute Gasteiger partial charge is 0.238 e. The van der Waals surface area contributed by atoms with Crippen LogP contribution in [-0.4, -0.2) is 43.0 Å². The molecule has 0 bridgehead atoms. The molecular formula is C14H20BrN3O. The Hall–Kier alpha value is -0.910. The van der Waals surface area contributed by atoms with Gasteiger partial charge in [-0.25, -0.2) is 0 Å². The van der Waals surface area contributed by atoms with Crippen molar-refractivity contribution in [3.63, 3.8) is 0 Å². The van der Waals surface area contributed by atoms with Gasteiger partial charge in [0.05, 0.1) is 6.54 Å². The van der Waals surface area contributed by atoms with E-state index in [2.05, 4.69) is 38.4 Å². The molecule has 0 unspecified atom stereocenters. The monoisotopic (exact) mass is 325 g/mol. The highest BCUT2D eigenvalue weighted by molar-refractivity contribution is 9.10. The summed E-state index contributed by atoms with van der Waals surface area (Å²) < 4.78 is 1.03. The number of aryl methyl sites for hydroxylation is 1. The van der Waals surface area contributed by atoms with E-state index in [1.165, 1.54) is 0 Å². The van der Waals surface area contributed by atoms with Gasteiger partial charge in [0.15, 0.2) is 0 Å². The third-order valence-electron chi connectivity index (χ3n) is 3.49. The second-order valence-electron chi connectivity index (χ2n) is 4.88. The van der Waals surface area contributed by atoms with Crippen molar-refractivity contribution in [3.8, 4) is 0 Å². The summed E-state index contributed by atoms with van der Waals surface area (Å²) in [4.78, 5) is 14.3. The minimum absolute atomic E-state index is 0.0548. The molecule has 0 radical (unpaired) electrons. The fourth-order valence-corrected chi connectivity index (χ4v) is 2.65. The first-order valence-electron chi connectivity index (χ1n) is 6.61. The van der Waals surface area contributed by atoms with Crippen LogP contribution in [0, 0.1) is 6.92 Å². The third-order valence-corrected chi connectivity index (χ3v) is 3.98. The van der Waals surface area contributed by atoms with Crippen LogP contribution in [0.3, 0.4) is 0 Å². The van der Waals surface area contributed by atoms with Crippen LogP contribution in [0.15, 0.2) is 22.7 Å². The summed E-state index contributed by atoms with van der Waals surface area (Å²) in [7, 11) is 0. The summed E-state index contributed by atoms with van der Waals surface area (Å²) >= 11 is 3.42. The number of halogens is 1. The molecule has 1 heterocycles. The fourth-order valence-electron chi connectivity index (χ4n) is 2.17. The minimum Gasteiger partial charge on any atom is -0.325 e. The van der Waals surface area contributed by atoms with Gasteiger partial charge in [0, 0.05) is 29.3 Å². The van der Waals surface area contributed by atoms with Gasteiger partial charge in [0.25, 0.3) is 0 Å². The van der Waals surface area contributed by atoms with E-state index < -0.39 is 0 Å².